The molecule has 0 aliphatic heterocycles. The zero-order valence-electron chi connectivity index (χ0n) is 12.2. The summed E-state index contributed by atoms with van der Waals surface area (Å²) in [6, 6.07) is 0. The van der Waals surface area contributed by atoms with E-state index < -0.39 is 6.10 Å². The summed E-state index contributed by atoms with van der Waals surface area (Å²) in [6.45, 7) is 4.29. The molecule has 108 valence electrons. The summed E-state index contributed by atoms with van der Waals surface area (Å²) in [5.74, 6) is 0.0684. The van der Waals surface area contributed by atoms with Gasteiger partial charge in [-0.2, -0.15) is 0 Å². The van der Waals surface area contributed by atoms with Crippen molar-refractivity contribution in [3.8, 4) is 0 Å². The van der Waals surface area contributed by atoms with Crippen molar-refractivity contribution < 1.29 is 9.90 Å². The standard InChI is InChI=1S/C15H31NO2/c1-3-4-5-6-7-8-9-10-11-12-15(18)16-13-14(2)17/h14,17H,3-13H2,1-2H3,(H,16,18)/t14-/m1/s1. The third-order valence-electron chi connectivity index (χ3n) is 3.10. The Hall–Kier alpha value is -0.570. The number of hydrogen-bond acceptors (Lipinski definition) is 2. The molecule has 18 heavy (non-hydrogen) atoms. The number of carbonyl (C=O) groups excluding carboxylic acids is 1. The van der Waals surface area contributed by atoms with Crippen LogP contribution in [0, 0.1) is 0 Å². The molecule has 0 aromatic heterocycles. The molecule has 3 nitrogen and oxygen atoms in total. The molecule has 0 saturated heterocycles. The second-order valence-electron chi connectivity index (χ2n) is 5.23. The summed E-state index contributed by atoms with van der Waals surface area (Å²) in [7, 11) is 0. The molecular weight excluding hydrogens is 226 g/mol. The summed E-state index contributed by atoms with van der Waals surface area (Å²) in [4.78, 5) is 11.3. The number of amides is 1. The number of nitrogens with one attached hydrogen (secondary N) is 1. The van der Waals surface area contributed by atoms with Crippen molar-refractivity contribution in [2.75, 3.05) is 6.54 Å². The van der Waals surface area contributed by atoms with E-state index in [4.69, 9.17) is 5.11 Å². The normalized spacial score (nSPS) is 12.4. The zero-order valence-corrected chi connectivity index (χ0v) is 12.2. The molecule has 0 radical (unpaired) electrons. The summed E-state index contributed by atoms with van der Waals surface area (Å²) < 4.78 is 0. The smallest absolute Gasteiger partial charge is 0.220 e. The third-order valence-corrected chi connectivity index (χ3v) is 3.10. The third kappa shape index (κ3) is 13.5. The van der Waals surface area contributed by atoms with Crippen molar-refractivity contribution in [2.24, 2.45) is 0 Å². The Labute approximate surface area is 112 Å². The Morgan fingerprint density at radius 3 is 2.00 bits per heavy atom. The van der Waals surface area contributed by atoms with E-state index in [1.54, 1.807) is 6.92 Å². The summed E-state index contributed by atoms with van der Waals surface area (Å²) in [5, 5.41) is 11.7. The first kappa shape index (κ1) is 17.4. The number of hydrogen-bond donors (Lipinski definition) is 2. The molecular formula is C15H31NO2. The van der Waals surface area contributed by atoms with Crippen LogP contribution in [0.1, 0.15) is 78.1 Å². The number of unbranched alkanes of at least 4 members (excludes halogenated alkanes) is 8. The molecule has 0 aliphatic carbocycles. The van der Waals surface area contributed by atoms with Gasteiger partial charge in [0.15, 0.2) is 0 Å². The predicted octanol–water partition coefficient (Wildman–Crippen LogP) is 3.40. The Morgan fingerprint density at radius 1 is 1.00 bits per heavy atom. The highest BCUT2D eigenvalue weighted by molar-refractivity contribution is 5.75. The second kappa shape index (κ2) is 12.9. The largest absolute Gasteiger partial charge is 0.392 e. The SMILES string of the molecule is CCCCCCCCCCCC(=O)NC[C@@H](C)O. The Kier molecular flexibility index (Phi) is 12.5. The molecule has 0 heterocycles. The van der Waals surface area contributed by atoms with Crippen molar-refractivity contribution in [3.63, 3.8) is 0 Å². The number of aliphatic hydroxyl groups excluding tert-OH is 1. The van der Waals surface area contributed by atoms with Gasteiger partial charge >= 0.3 is 0 Å². The first-order chi connectivity index (χ1) is 8.66. The van der Waals surface area contributed by atoms with Crippen LogP contribution in [0.15, 0.2) is 0 Å². The van der Waals surface area contributed by atoms with Gasteiger partial charge in [0.1, 0.15) is 0 Å². The molecule has 0 bridgehead atoms. The van der Waals surface area contributed by atoms with Crippen molar-refractivity contribution in [3.05, 3.63) is 0 Å². The molecule has 1 amide bonds. The van der Waals surface area contributed by atoms with Crippen LogP contribution in [0.5, 0.6) is 0 Å². The van der Waals surface area contributed by atoms with E-state index in [2.05, 4.69) is 12.2 Å². The van der Waals surface area contributed by atoms with E-state index >= 15 is 0 Å². The fraction of sp³-hybridized carbons (Fsp3) is 0.933. The molecule has 2 N–H and O–H groups in total. The highest BCUT2D eigenvalue weighted by Crippen LogP contribution is 2.10. The van der Waals surface area contributed by atoms with Crippen molar-refractivity contribution >= 4 is 5.91 Å². The molecule has 1 atom stereocenters. The van der Waals surface area contributed by atoms with Gasteiger partial charge in [0.2, 0.25) is 5.91 Å². The first-order valence-corrected chi connectivity index (χ1v) is 7.61. The minimum atomic E-state index is -0.447. The average Bonchev–Trinajstić information content (AvgIpc) is 2.34. The lowest BCUT2D eigenvalue weighted by Gasteiger charge is -2.06. The minimum absolute atomic E-state index is 0.0684. The van der Waals surface area contributed by atoms with Crippen molar-refractivity contribution in [2.45, 2.75) is 84.2 Å². The van der Waals surface area contributed by atoms with Crippen LogP contribution in [-0.4, -0.2) is 23.7 Å². The lowest BCUT2D eigenvalue weighted by Crippen LogP contribution is -2.30. The first-order valence-electron chi connectivity index (χ1n) is 7.61. The second-order valence-corrected chi connectivity index (χ2v) is 5.23. The molecule has 0 spiro atoms. The maximum atomic E-state index is 11.3. The van der Waals surface area contributed by atoms with E-state index in [-0.39, 0.29) is 5.91 Å². The van der Waals surface area contributed by atoms with Crippen LogP contribution in [0.2, 0.25) is 0 Å². The predicted molar refractivity (Wildman–Crippen MR) is 76.5 cm³/mol. The molecule has 3 heteroatoms. The van der Waals surface area contributed by atoms with E-state index in [1.165, 1.54) is 44.9 Å². The molecule has 0 fully saturated rings. The molecule has 0 saturated carbocycles. The minimum Gasteiger partial charge on any atom is -0.392 e. The fourth-order valence-electron chi connectivity index (χ4n) is 1.95. The Bertz CT molecular complexity index is 193. The zero-order chi connectivity index (χ0) is 13.6. The monoisotopic (exact) mass is 257 g/mol. The van der Waals surface area contributed by atoms with Crippen LogP contribution >= 0.6 is 0 Å². The number of rotatable bonds is 12. The van der Waals surface area contributed by atoms with E-state index in [0.717, 1.165) is 12.8 Å². The van der Waals surface area contributed by atoms with Crippen LogP contribution in [0.4, 0.5) is 0 Å². The molecule has 0 unspecified atom stereocenters. The number of carbonyl (C=O) groups is 1. The van der Waals surface area contributed by atoms with Crippen LogP contribution < -0.4 is 5.32 Å². The Morgan fingerprint density at radius 2 is 1.50 bits per heavy atom. The Balaban J connectivity index is 3.12. The van der Waals surface area contributed by atoms with Gasteiger partial charge < -0.3 is 10.4 Å². The maximum Gasteiger partial charge on any atom is 0.220 e. The van der Waals surface area contributed by atoms with Gasteiger partial charge in [-0.25, -0.2) is 0 Å². The highest BCUT2D eigenvalue weighted by atomic mass is 16.3. The summed E-state index contributed by atoms with van der Waals surface area (Å²) in [6.07, 6.45) is 11.6. The van der Waals surface area contributed by atoms with Crippen LogP contribution in [0.3, 0.4) is 0 Å². The van der Waals surface area contributed by atoms with Gasteiger partial charge in [0.05, 0.1) is 6.10 Å². The highest BCUT2D eigenvalue weighted by Gasteiger charge is 2.02. The summed E-state index contributed by atoms with van der Waals surface area (Å²) >= 11 is 0. The summed E-state index contributed by atoms with van der Waals surface area (Å²) in [5.41, 5.74) is 0. The van der Waals surface area contributed by atoms with Crippen LogP contribution in [-0.2, 0) is 4.79 Å². The maximum absolute atomic E-state index is 11.3. The van der Waals surface area contributed by atoms with Gasteiger partial charge in [0, 0.05) is 13.0 Å². The van der Waals surface area contributed by atoms with E-state index in [9.17, 15) is 4.79 Å². The van der Waals surface area contributed by atoms with Crippen molar-refractivity contribution in [1.82, 2.24) is 5.32 Å². The van der Waals surface area contributed by atoms with Gasteiger partial charge in [-0.1, -0.05) is 58.3 Å². The molecule has 0 aromatic carbocycles. The lowest BCUT2D eigenvalue weighted by atomic mass is 10.1. The lowest BCUT2D eigenvalue weighted by molar-refractivity contribution is -0.121. The molecule has 0 aliphatic rings. The fourth-order valence-corrected chi connectivity index (χ4v) is 1.95. The van der Waals surface area contributed by atoms with Gasteiger partial charge in [-0.15, -0.1) is 0 Å². The number of aliphatic hydroxyl groups is 1. The molecule has 0 aromatic rings. The van der Waals surface area contributed by atoms with Gasteiger partial charge in [-0.3, -0.25) is 4.79 Å². The van der Waals surface area contributed by atoms with Gasteiger partial charge in [0.25, 0.3) is 0 Å². The van der Waals surface area contributed by atoms with Gasteiger partial charge in [-0.05, 0) is 13.3 Å². The molecule has 0 rings (SSSR count). The van der Waals surface area contributed by atoms with Crippen LogP contribution in [0.25, 0.3) is 0 Å². The topological polar surface area (TPSA) is 49.3 Å². The van der Waals surface area contributed by atoms with E-state index in [0.29, 0.717) is 13.0 Å². The van der Waals surface area contributed by atoms with Crippen molar-refractivity contribution in [1.29, 1.82) is 0 Å². The quantitative estimate of drug-likeness (QED) is 0.526. The average molecular weight is 257 g/mol. The van der Waals surface area contributed by atoms with E-state index in [1.807, 2.05) is 0 Å².